The summed E-state index contributed by atoms with van der Waals surface area (Å²) in [5.41, 5.74) is 0.878. The Morgan fingerprint density at radius 2 is 1.76 bits per heavy atom. The molecule has 152 valence electrons. The molecule has 0 aromatic heterocycles. The lowest BCUT2D eigenvalue weighted by atomic mass is 10.1. The van der Waals surface area contributed by atoms with Gasteiger partial charge < -0.3 is 23.8 Å². The molecule has 1 fully saturated rings. The topological polar surface area (TPSA) is 74.3 Å². The maximum atomic E-state index is 13.0. The average Bonchev–Trinajstić information content (AvgIpc) is 3.31. The third-order valence-electron chi connectivity index (χ3n) is 5.03. The summed E-state index contributed by atoms with van der Waals surface area (Å²) < 4.78 is 22.2. The number of esters is 1. The molecule has 0 N–H and O–H groups in total. The second-order valence-electron chi connectivity index (χ2n) is 6.93. The fourth-order valence-corrected chi connectivity index (χ4v) is 3.56. The molecule has 0 radical (unpaired) electrons. The average molecular weight is 397 g/mol. The number of methoxy groups -OCH3 is 1. The Kier molecular flexibility index (Phi) is 5.55. The predicted molar refractivity (Wildman–Crippen MR) is 104 cm³/mol. The fourth-order valence-electron chi connectivity index (χ4n) is 3.56. The number of carbonyl (C=O) groups is 2. The van der Waals surface area contributed by atoms with E-state index in [-0.39, 0.29) is 11.5 Å². The smallest absolute Gasteiger partial charge is 0.339 e. The molecule has 2 aromatic rings. The Labute approximate surface area is 169 Å². The van der Waals surface area contributed by atoms with Crippen LogP contribution in [0.1, 0.15) is 34.9 Å². The molecule has 1 saturated heterocycles. The highest BCUT2D eigenvalue weighted by Crippen LogP contribution is 2.40. The number of ether oxygens (including phenoxy) is 4. The van der Waals surface area contributed by atoms with Gasteiger partial charge >= 0.3 is 5.97 Å². The summed E-state index contributed by atoms with van der Waals surface area (Å²) in [6, 6.07) is 12.2. The zero-order chi connectivity index (χ0) is 20.2. The van der Waals surface area contributed by atoms with Crippen LogP contribution in [0.3, 0.4) is 0 Å². The SMILES string of the molecule is COc1cc(C(=O)O[C@@H](C(=O)N2CCCC2)c2ccccc2)cc2c1OCCO2. The van der Waals surface area contributed by atoms with Crippen molar-refractivity contribution in [2.45, 2.75) is 18.9 Å². The summed E-state index contributed by atoms with van der Waals surface area (Å²) >= 11 is 0. The van der Waals surface area contributed by atoms with Crippen LogP contribution >= 0.6 is 0 Å². The molecule has 2 heterocycles. The quantitative estimate of drug-likeness (QED) is 0.722. The van der Waals surface area contributed by atoms with E-state index in [1.54, 1.807) is 23.1 Å². The Bertz CT molecular complexity index is 874. The first-order valence-electron chi connectivity index (χ1n) is 9.69. The van der Waals surface area contributed by atoms with Gasteiger partial charge in [0.2, 0.25) is 11.9 Å². The summed E-state index contributed by atoms with van der Waals surface area (Å²) in [7, 11) is 1.49. The van der Waals surface area contributed by atoms with Crippen molar-refractivity contribution in [3.05, 3.63) is 53.6 Å². The first-order valence-corrected chi connectivity index (χ1v) is 9.69. The molecular formula is C22H23NO6. The number of fused-ring (bicyclic) bond motifs is 1. The summed E-state index contributed by atoms with van der Waals surface area (Å²) in [6.45, 7) is 2.15. The molecule has 0 bridgehead atoms. The van der Waals surface area contributed by atoms with Crippen LogP contribution in [0.2, 0.25) is 0 Å². The Hall–Kier alpha value is -3.22. The number of nitrogens with zero attached hydrogens (tertiary/aromatic N) is 1. The van der Waals surface area contributed by atoms with Crippen LogP contribution in [0.4, 0.5) is 0 Å². The molecule has 2 aliphatic heterocycles. The van der Waals surface area contributed by atoms with Gasteiger partial charge in [-0.2, -0.15) is 0 Å². The monoisotopic (exact) mass is 397 g/mol. The van der Waals surface area contributed by atoms with Crippen LogP contribution in [0, 0.1) is 0 Å². The molecule has 7 nitrogen and oxygen atoms in total. The van der Waals surface area contributed by atoms with Crippen LogP contribution in [0.5, 0.6) is 17.2 Å². The lowest BCUT2D eigenvalue weighted by molar-refractivity contribution is -0.140. The standard InChI is InChI=1S/C22H23NO6/c1-26-17-13-16(14-18-20(17)28-12-11-27-18)22(25)29-19(15-7-3-2-4-8-15)21(24)23-9-5-6-10-23/h2-4,7-8,13-14,19H,5-6,9-12H2,1H3/t19-/m1/s1. The van der Waals surface area contributed by atoms with E-state index in [0.717, 1.165) is 12.8 Å². The van der Waals surface area contributed by atoms with E-state index in [1.165, 1.54) is 13.2 Å². The number of hydrogen-bond acceptors (Lipinski definition) is 6. The number of carbonyl (C=O) groups excluding carboxylic acids is 2. The second kappa shape index (κ2) is 8.43. The summed E-state index contributed by atoms with van der Waals surface area (Å²) in [4.78, 5) is 27.8. The van der Waals surface area contributed by atoms with Gasteiger partial charge in [-0.3, -0.25) is 4.79 Å². The van der Waals surface area contributed by atoms with Crippen molar-refractivity contribution in [3.63, 3.8) is 0 Å². The van der Waals surface area contributed by atoms with Gasteiger partial charge in [-0.15, -0.1) is 0 Å². The van der Waals surface area contributed by atoms with Crippen molar-refractivity contribution in [2.24, 2.45) is 0 Å². The normalized spacial score (nSPS) is 16.2. The Morgan fingerprint density at radius 1 is 1.03 bits per heavy atom. The molecular weight excluding hydrogens is 374 g/mol. The molecule has 4 rings (SSSR count). The van der Waals surface area contributed by atoms with Crippen LogP contribution in [0.25, 0.3) is 0 Å². The molecule has 29 heavy (non-hydrogen) atoms. The van der Waals surface area contributed by atoms with Crippen molar-refractivity contribution < 1.29 is 28.5 Å². The van der Waals surface area contributed by atoms with E-state index in [2.05, 4.69) is 0 Å². The van der Waals surface area contributed by atoms with Gasteiger partial charge in [0, 0.05) is 18.7 Å². The lowest BCUT2D eigenvalue weighted by Gasteiger charge is -2.24. The van der Waals surface area contributed by atoms with Gasteiger partial charge in [0.25, 0.3) is 5.91 Å². The summed E-state index contributed by atoms with van der Waals surface area (Å²) in [5.74, 6) is 0.442. The third-order valence-corrected chi connectivity index (χ3v) is 5.03. The van der Waals surface area contributed by atoms with Crippen molar-refractivity contribution >= 4 is 11.9 Å². The number of benzene rings is 2. The van der Waals surface area contributed by atoms with E-state index in [1.807, 2.05) is 18.2 Å². The Morgan fingerprint density at radius 3 is 2.48 bits per heavy atom. The van der Waals surface area contributed by atoms with E-state index >= 15 is 0 Å². The van der Waals surface area contributed by atoms with E-state index in [0.29, 0.717) is 49.1 Å². The first kappa shape index (κ1) is 19.1. The molecule has 1 atom stereocenters. The van der Waals surface area contributed by atoms with Crippen molar-refractivity contribution in [3.8, 4) is 17.2 Å². The van der Waals surface area contributed by atoms with Gasteiger partial charge in [-0.05, 0) is 25.0 Å². The number of hydrogen-bond donors (Lipinski definition) is 0. The molecule has 0 unspecified atom stereocenters. The van der Waals surface area contributed by atoms with Crippen molar-refractivity contribution in [2.75, 3.05) is 33.4 Å². The van der Waals surface area contributed by atoms with Crippen molar-refractivity contribution in [1.82, 2.24) is 4.90 Å². The van der Waals surface area contributed by atoms with Gasteiger partial charge in [0.1, 0.15) is 13.2 Å². The minimum absolute atomic E-state index is 0.202. The minimum Gasteiger partial charge on any atom is -0.493 e. The highest BCUT2D eigenvalue weighted by Gasteiger charge is 2.32. The van der Waals surface area contributed by atoms with E-state index < -0.39 is 12.1 Å². The highest BCUT2D eigenvalue weighted by molar-refractivity contribution is 5.94. The molecule has 2 aromatic carbocycles. The van der Waals surface area contributed by atoms with E-state index in [4.69, 9.17) is 18.9 Å². The van der Waals surface area contributed by atoms with Gasteiger partial charge in [0.15, 0.2) is 11.5 Å². The van der Waals surface area contributed by atoms with Crippen LogP contribution in [-0.4, -0.2) is 50.2 Å². The van der Waals surface area contributed by atoms with Gasteiger partial charge in [-0.25, -0.2) is 4.79 Å². The second-order valence-corrected chi connectivity index (χ2v) is 6.93. The van der Waals surface area contributed by atoms with Gasteiger partial charge in [-0.1, -0.05) is 30.3 Å². The minimum atomic E-state index is -0.999. The molecule has 0 spiro atoms. The molecule has 7 heteroatoms. The predicted octanol–water partition coefficient (Wildman–Crippen LogP) is 2.99. The number of likely N-dealkylation sites (tertiary alicyclic amines) is 1. The largest absolute Gasteiger partial charge is 0.493 e. The maximum absolute atomic E-state index is 13.0. The number of rotatable bonds is 5. The molecule has 0 saturated carbocycles. The number of amides is 1. The third kappa shape index (κ3) is 3.99. The highest BCUT2D eigenvalue weighted by atomic mass is 16.6. The maximum Gasteiger partial charge on any atom is 0.339 e. The van der Waals surface area contributed by atoms with Crippen LogP contribution < -0.4 is 14.2 Å². The first-order chi connectivity index (χ1) is 14.2. The van der Waals surface area contributed by atoms with Crippen LogP contribution in [0.15, 0.2) is 42.5 Å². The fraction of sp³-hybridized carbons (Fsp3) is 0.364. The van der Waals surface area contributed by atoms with Crippen LogP contribution in [-0.2, 0) is 9.53 Å². The lowest BCUT2D eigenvalue weighted by Crippen LogP contribution is -2.34. The van der Waals surface area contributed by atoms with E-state index in [9.17, 15) is 9.59 Å². The summed E-state index contributed by atoms with van der Waals surface area (Å²) in [5, 5.41) is 0. The zero-order valence-corrected chi connectivity index (χ0v) is 16.3. The molecule has 2 aliphatic rings. The van der Waals surface area contributed by atoms with Gasteiger partial charge in [0.05, 0.1) is 12.7 Å². The Balaban J connectivity index is 1.62. The summed E-state index contributed by atoms with van der Waals surface area (Å²) in [6.07, 6.45) is 0.919. The zero-order valence-electron chi connectivity index (χ0n) is 16.3. The molecule has 1 amide bonds. The molecule has 0 aliphatic carbocycles. The van der Waals surface area contributed by atoms with Crippen molar-refractivity contribution in [1.29, 1.82) is 0 Å².